The molecule has 0 saturated carbocycles. The van der Waals surface area contributed by atoms with Crippen molar-refractivity contribution in [1.29, 1.82) is 0 Å². The molecule has 0 aromatic heterocycles. The molecule has 1 aromatic carbocycles. The Morgan fingerprint density at radius 2 is 2.07 bits per heavy atom. The Balaban J connectivity index is 2.68. The molecule has 0 radical (unpaired) electrons. The van der Waals surface area contributed by atoms with Crippen LogP contribution in [0.25, 0.3) is 0 Å². The van der Waals surface area contributed by atoms with Crippen molar-refractivity contribution in [3.63, 3.8) is 0 Å². The second kappa shape index (κ2) is 5.86. The molecule has 82 valence electrons. The summed E-state index contributed by atoms with van der Waals surface area (Å²) in [6.07, 6.45) is 3.44. The quantitative estimate of drug-likeness (QED) is 0.540. The van der Waals surface area contributed by atoms with Crippen molar-refractivity contribution >= 4 is 11.6 Å². The highest BCUT2D eigenvalue weighted by Gasteiger charge is 2.02. The summed E-state index contributed by atoms with van der Waals surface area (Å²) in [7, 11) is 0. The molecular weight excluding hydrogens is 218 g/mol. The Morgan fingerprint density at radius 3 is 2.67 bits per heavy atom. The minimum atomic E-state index is -0.804. The van der Waals surface area contributed by atoms with Gasteiger partial charge in [0.25, 0.3) is 0 Å². The second-order valence-electron chi connectivity index (χ2n) is 3.45. The topological polar surface area (TPSA) is 0 Å². The summed E-state index contributed by atoms with van der Waals surface area (Å²) < 4.78 is 25.5. The van der Waals surface area contributed by atoms with E-state index in [4.69, 9.17) is 11.6 Å². The van der Waals surface area contributed by atoms with Crippen LogP contribution in [0, 0.1) is 11.6 Å². The Kier molecular flexibility index (Phi) is 4.76. The average molecular weight is 231 g/mol. The fraction of sp³-hybridized carbons (Fsp3) is 0.333. The van der Waals surface area contributed by atoms with E-state index in [-0.39, 0.29) is 0 Å². The number of hydrogen-bond donors (Lipinski definition) is 0. The van der Waals surface area contributed by atoms with Crippen LogP contribution < -0.4 is 0 Å². The second-order valence-corrected chi connectivity index (χ2v) is 3.83. The van der Waals surface area contributed by atoms with Gasteiger partial charge in [0.2, 0.25) is 0 Å². The van der Waals surface area contributed by atoms with E-state index < -0.39 is 11.6 Å². The SMILES string of the molecule is C/C(=C/CCCl)Cc1ccc(F)c(F)c1. The van der Waals surface area contributed by atoms with Crippen molar-refractivity contribution in [2.24, 2.45) is 0 Å². The number of halogens is 3. The van der Waals surface area contributed by atoms with Crippen molar-refractivity contribution in [3.8, 4) is 0 Å². The molecule has 15 heavy (non-hydrogen) atoms. The third-order valence-electron chi connectivity index (χ3n) is 2.07. The van der Waals surface area contributed by atoms with Crippen LogP contribution in [0.3, 0.4) is 0 Å². The van der Waals surface area contributed by atoms with Crippen LogP contribution in [0.15, 0.2) is 29.8 Å². The number of hydrogen-bond acceptors (Lipinski definition) is 0. The van der Waals surface area contributed by atoms with Gasteiger partial charge in [-0.3, -0.25) is 0 Å². The van der Waals surface area contributed by atoms with Gasteiger partial charge in [-0.1, -0.05) is 17.7 Å². The maximum absolute atomic E-state index is 12.9. The number of allylic oxidation sites excluding steroid dienone is 2. The van der Waals surface area contributed by atoms with E-state index in [9.17, 15) is 8.78 Å². The van der Waals surface area contributed by atoms with Crippen LogP contribution in [0.4, 0.5) is 8.78 Å². The zero-order valence-corrected chi connectivity index (χ0v) is 9.32. The Hall–Kier alpha value is -0.890. The minimum absolute atomic E-state index is 0.578. The van der Waals surface area contributed by atoms with E-state index in [2.05, 4.69) is 0 Å². The van der Waals surface area contributed by atoms with E-state index >= 15 is 0 Å². The van der Waals surface area contributed by atoms with E-state index in [1.54, 1.807) is 6.07 Å². The van der Waals surface area contributed by atoms with E-state index in [1.807, 2.05) is 13.0 Å². The fourth-order valence-electron chi connectivity index (χ4n) is 1.34. The monoisotopic (exact) mass is 230 g/mol. The average Bonchev–Trinajstić information content (AvgIpc) is 2.20. The van der Waals surface area contributed by atoms with Crippen LogP contribution in [0.1, 0.15) is 18.9 Å². The molecule has 0 N–H and O–H groups in total. The summed E-state index contributed by atoms with van der Waals surface area (Å²) in [5.74, 6) is -1.02. The van der Waals surface area contributed by atoms with Crippen LogP contribution >= 0.6 is 11.6 Å². The van der Waals surface area contributed by atoms with Crippen LogP contribution in [0.2, 0.25) is 0 Å². The molecule has 0 heterocycles. The molecule has 0 aliphatic heterocycles. The first-order chi connectivity index (χ1) is 7.13. The maximum atomic E-state index is 12.9. The van der Waals surface area contributed by atoms with Crippen molar-refractivity contribution < 1.29 is 8.78 Å². The van der Waals surface area contributed by atoms with Gasteiger partial charge in [0, 0.05) is 5.88 Å². The third-order valence-corrected chi connectivity index (χ3v) is 2.29. The van der Waals surface area contributed by atoms with E-state index in [1.165, 1.54) is 6.07 Å². The lowest BCUT2D eigenvalue weighted by atomic mass is 10.1. The molecule has 0 nitrogen and oxygen atoms in total. The van der Waals surface area contributed by atoms with E-state index in [0.29, 0.717) is 12.3 Å². The highest BCUT2D eigenvalue weighted by atomic mass is 35.5. The smallest absolute Gasteiger partial charge is 0.159 e. The molecule has 0 atom stereocenters. The van der Waals surface area contributed by atoms with Gasteiger partial charge in [-0.25, -0.2) is 8.78 Å². The van der Waals surface area contributed by atoms with Crippen LogP contribution in [0.5, 0.6) is 0 Å². The Bertz CT molecular complexity index is 359. The zero-order chi connectivity index (χ0) is 11.3. The fourth-order valence-corrected chi connectivity index (χ4v) is 1.45. The highest BCUT2D eigenvalue weighted by molar-refractivity contribution is 6.17. The maximum Gasteiger partial charge on any atom is 0.159 e. The van der Waals surface area contributed by atoms with Crippen molar-refractivity contribution in [2.75, 3.05) is 5.88 Å². The molecule has 1 rings (SSSR count). The summed E-state index contributed by atoms with van der Waals surface area (Å²) in [6, 6.07) is 3.98. The third kappa shape index (κ3) is 4.00. The first kappa shape index (κ1) is 12.2. The summed E-state index contributed by atoms with van der Waals surface area (Å²) in [6.45, 7) is 1.95. The van der Waals surface area contributed by atoms with Gasteiger partial charge < -0.3 is 0 Å². The molecule has 0 amide bonds. The predicted octanol–water partition coefficient (Wildman–Crippen LogP) is 4.08. The number of benzene rings is 1. The van der Waals surface area contributed by atoms with E-state index in [0.717, 1.165) is 23.6 Å². The van der Waals surface area contributed by atoms with Gasteiger partial charge in [0.05, 0.1) is 0 Å². The molecule has 3 heteroatoms. The Morgan fingerprint density at radius 1 is 1.33 bits per heavy atom. The van der Waals surface area contributed by atoms with Crippen LogP contribution in [-0.2, 0) is 6.42 Å². The molecule has 0 aliphatic rings. The minimum Gasteiger partial charge on any atom is -0.204 e. The standard InChI is InChI=1S/C12H13ClF2/c1-9(3-2-6-13)7-10-4-5-11(14)12(15)8-10/h3-5,8H,2,6-7H2,1H3/b9-3-. The molecule has 0 unspecified atom stereocenters. The summed E-state index contributed by atoms with van der Waals surface area (Å²) in [4.78, 5) is 0. The van der Waals surface area contributed by atoms with Crippen molar-refractivity contribution in [3.05, 3.63) is 47.0 Å². The normalized spacial score (nSPS) is 11.9. The van der Waals surface area contributed by atoms with Crippen molar-refractivity contribution in [2.45, 2.75) is 19.8 Å². The number of alkyl halides is 1. The molecular formula is C12H13ClF2. The molecule has 1 aromatic rings. The molecule has 0 bridgehead atoms. The largest absolute Gasteiger partial charge is 0.204 e. The molecule has 0 fully saturated rings. The van der Waals surface area contributed by atoms with Gasteiger partial charge in [0.15, 0.2) is 11.6 Å². The lowest BCUT2D eigenvalue weighted by Crippen LogP contribution is -1.91. The first-order valence-corrected chi connectivity index (χ1v) is 5.32. The Labute approximate surface area is 93.6 Å². The van der Waals surface area contributed by atoms with Crippen LogP contribution in [-0.4, -0.2) is 5.88 Å². The van der Waals surface area contributed by atoms with Gasteiger partial charge in [0.1, 0.15) is 0 Å². The molecule has 0 saturated heterocycles. The molecule has 0 aliphatic carbocycles. The number of rotatable bonds is 4. The lowest BCUT2D eigenvalue weighted by molar-refractivity contribution is 0.507. The van der Waals surface area contributed by atoms with Gasteiger partial charge in [-0.2, -0.15) is 0 Å². The van der Waals surface area contributed by atoms with Gasteiger partial charge >= 0.3 is 0 Å². The predicted molar refractivity (Wildman–Crippen MR) is 59.2 cm³/mol. The van der Waals surface area contributed by atoms with Gasteiger partial charge in [-0.15, -0.1) is 11.6 Å². The van der Waals surface area contributed by atoms with Crippen molar-refractivity contribution in [1.82, 2.24) is 0 Å². The summed E-state index contributed by atoms with van der Waals surface area (Å²) in [5, 5.41) is 0. The summed E-state index contributed by atoms with van der Waals surface area (Å²) in [5.41, 5.74) is 1.89. The highest BCUT2D eigenvalue weighted by Crippen LogP contribution is 2.12. The molecule has 0 spiro atoms. The van der Waals surface area contributed by atoms with Gasteiger partial charge in [-0.05, 0) is 37.5 Å². The zero-order valence-electron chi connectivity index (χ0n) is 8.56. The lowest BCUT2D eigenvalue weighted by Gasteiger charge is -2.02. The first-order valence-electron chi connectivity index (χ1n) is 4.79. The summed E-state index contributed by atoms with van der Waals surface area (Å²) >= 11 is 5.54.